The van der Waals surface area contributed by atoms with Crippen LogP contribution in [-0.4, -0.2) is 44.1 Å². The highest BCUT2D eigenvalue weighted by molar-refractivity contribution is 5.94. The van der Waals surface area contributed by atoms with Crippen molar-refractivity contribution in [2.75, 3.05) is 26.4 Å². The second-order valence-corrected chi connectivity index (χ2v) is 5.33. The summed E-state index contributed by atoms with van der Waals surface area (Å²) in [5.41, 5.74) is 5.10. The van der Waals surface area contributed by atoms with E-state index in [0.717, 1.165) is 5.75 Å². The Morgan fingerprint density at radius 3 is 2.30 bits per heavy atom. The van der Waals surface area contributed by atoms with Crippen LogP contribution in [0.5, 0.6) is 11.5 Å². The lowest BCUT2D eigenvalue weighted by atomic mass is 10.2. The van der Waals surface area contributed by atoms with Crippen molar-refractivity contribution in [2.24, 2.45) is 5.73 Å². The number of carbonyl (C=O) groups excluding carboxylic acids is 3. The van der Waals surface area contributed by atoms with Crippen molar-refractivity contribution in [3.8, 4) is 11.5 Å². The van der Waals surface area contributed by atoms with E-state index < -0.39 is 24.4 Å². The van der Waals surface area contributed by atoms with Crippen LogP contribution in [0.3, 0.4) is 0 Å². The number of primary amides is 1. The standard InChI is InChI=1S/C19H20N2O6/c20-17(22)12-21-18(23)13-27-19(24)15-8-4-5-9-16(15)26-11-10-25-14-6-2-1-3-7-14/h1-9H,10-13H2,(H2,20,22)(H,21,23). The van der Waals surface area contributed by atoms with Crippen LogP contribution < -0.4 is 20.5 Å². The Labute approximate surface area is 156 Å². The van der Waals surface area contributed by atoms with Gasteiger partial charge in [-0.25, -0.2) is 4.79 Å². The Hall–Kier alpha value is -3.55. The largest absolute Gasteiger partial charge is 0.490 e. The Bertz CT molecular complexity index is 779. The molecule has 3 N–H and O–H groups in total. The molecule has 2 amide bonds. The normalized spacial score (nSPS) is 9.93. The van der Waals surface area contributed by atoms with Gasteiger partial charge in [-0.2, -0.15) is 0 Å². The van der Waals surface area contributed by atoms with Crippen LogP contribution in [-0.2, 0) is 14.3 Å². The second kappa shape index (κ2) is 10.4. The van der Waals surface area contributed by atoms with E-state index in [1.165, 1.54) is 6.07 Å². The van der Waals surface area contributed by atoms with Gasteiger partial charge in [0.2, 0.25) is 5.91 Å². The molecule has 2 aromatic rings. The minimum Gasteiger partial charge on any atom is -0.490 e. The number of ether oxygens (including phenoxy) is 3. The first-order valence-electron chi connectivity index (χ1n) is 8.18. The summed E-state index contributed by atoms with van der Waals surface area (Å²) in [6.07, 6.45) is 0. The van der Waals surface area contributed by atoms with Gasteiger partial charge in [0.15, 0.2) is 6.61 Å². The molecule has 8 nitrogen and oxygen atoms in total. The summed E-state index contributed by atoms with van der Waals surface area (Å²) in [6.45, 7) is -0.337. The van der Waals surface area contributed by atoms with Gasteiger partial charge in [0.1, 0.15) is 30.3 Å². The Balaban J connectivity index is 1.82. The van der Waals surface area contributed by atoms with Gasteiger partial charge in [0, 0.05) is 0 Å². The fourth-order valence-corrected chi connectivity index (χ4v) is 2.03. The third-order valence-corrected chi connectivity index (χ3v) is 3.25. The number of amides is 2. The van der Waals surface area contributed by atoms with Crippen molar-refractivity contribution in [1.29, 1.82) is 0 Å². The summed E-state index contributed by atoms with van der Waals surface area (Å²) in [5, 5.41) is 2.22. The van der Waals surface area contributed by atoms with Crippen molar-refractivity contribution in [3.05, 3.63) is 60.2 Å². The van der Waals surface area contributed by atoms with Gasteiger partial charge < -0.3 is 25.3 Å². The molecule has 8 heteroatoms. The fraction of sp³-hybridized carbons (Fsp3) is 0.211. The lowest BCUT2D eigenvalue weighted by Gasteiger charge is -2.12. The zero-order chi connectivity index (χ0) is 19.5. The highest BCUT2D eigenvalue weighted by Crippen LogP contribution is 2.19. The monoisotopic (exact) mass is 372 g/mol. The molecule has 0 spiro atoms. The van der Waals surface area contributed by atoms with Crippen LogP contribution in [0.25, 0.3) is 0 Å². The lowest BCUT2D eigenvalue weighted by Crippen LogP contribution is -2.36. The molecule has 2 rings (SSSR count). The van der Waals surface area contributed by atoms with E-state index in [2.05, 4.69) is 5.32 Å². The van der Waals surface area contributed by atoms with Gasteiger partial charge in [-0.05, 0) is 24.3 Å². The highest BCUT2D eigenvalue weighted by atomic mass is 16.5. The van der Waals surface area contributed by atoms with Gasteiger partial charge in [0.25, 0.3) is 5.91 Å². The first-order valence-corrected chi connectivity index (χ1v) is 8.18. The quantitative estimate of drug-likeness (QED) is 0.473. The van der Waals surface area contributed by atoms with Crippen molar-refractivity contribution in [3.63, 3.8) is 0 Å². The van der Waals surface area contributed by atoms with Gasteiger partial charge in [-0.1, -0.05) is 30.3 Å². The molecule has 0 aromatic heterocycles. The fourth-order valence-electron chi connectivity index (χ4n) is 2.03. The summed E-state index contributed by atoms with van der Waals surface area (Å²) in [5.74, 6) is -1.00. The molecule has 142 valence electrons. The average molecular weight is 372 g/mol. The molecule has 0 heterocycles. The number of nitrogens with two attached hydrogens (primary N) is 1. The van der Waals surface area contributed by atoms with E-state index in [4.69, 9.17) is 19.9 Å². The molecule has 2 aromatic carbocycles. The van der Waals surface area contributed by atoms with Gasteiger partial charge >= 0.3 is 5.97 Å². The van der Waals surface area contributed by atoms with Crippen LogP contribution in [0.4, 0.5) is 0 Å². The first kappa shape index (κ1) is 19.8. The summed E-state index contributed by atoms with van der Waals surface area (Å²) in [7, 11) is 0. The third-order valence-electron chi connectivity index (χ3n) is 3.25. The predicted octanol–water partition coefficient (Wildman–Crippen LogP) is 0.903. The van der Waals surface area contributed by atoms with Crippen LogP contribution in [0, 0.1) is 0 Å². The molecular formula is C19H20N2O6. The Kier molecular flexibility index (Phi) is 7.65. The number of benzene rings is 2. The molecule has 0 saturated heterocycles. The van der Waals surface area contributed by atoms with E-state index in [1.807, 2.05) is 30.3 Å². The maximum absolute atomic E-state index is 12.2. The SMILES string of the molecule is NC(=O)CNC(=O)COC(=O)c1ccccc1OCCOc1ccccc1. The van der Waals surface area contributed by atoms with Gasteiger partial charge in [-0.15, -0.1) is 0 Å². The molecule has 0 atom stereocenters. The van der Waals surface area contributed by atoms with Crippen LogP contribution in [0.1, 0.15) is 10.4 Å². The molecule has 0 saturated carbocycles. The summed E-state index contributed by atoms with van der Waals surface area (Å²) in [4.78, 5) is 34.2. The molecular weight excluding hydrogens is 352 g/mol. The number of hydrogen-bond donors (Lipinski definition) is 2. The summed E-state index contributed by atoms with van der Waals surface area (Å²) < 4.78 is 16.0. The molecule has 0 aliphatic carbocycles. The zero-order valence-electron chi connectivity index (χ0n) is 14.6. The Morgan fingerprint density at radius 2 is 1.56 bits per heavy atom. The van der Waals surface area contributed by atoms with E-state index in [1.54, 1.807) is 18.2 Å². The highest BCUT2D eigenvalue weighted by Gasteiger charge is 2.15. The minimum absolute atomic E-state index is 0.180. The average Bonchev–Trinajstić information content (AvgIpc) is 2.69. The smallest absolute Gasteiger partial charge is 0.342 e. The van der Waals surface area contributed by atoms with E-state index in [-0.39, 0.29) is 18.7 Å². The molecule has 0 aliphatic heterocycles. The van der Waals surface area contributed by atoms with Crippen molar-refractivity contribution in [2.45, 2.75) is 0 Å². The maximum Gasteiger partial charge on any atom is 0.342 e. The topological polar surface area (TPSA) is 117 Å². The van der Waals surface area contributed by atoms with E-state index in [9.17, 15) is 14.4 Å². The van der Waals surface area contributed by atoms with Crippen molar-refractivity contribution < 1.29 is 28.6 Å². The second-order valence-electron chi connectivity index (χ2n) is 5.33. The molecule has 0 fully saturated rings. The molecule has 0 radical (unpaired) electrons. The van der Waals surface area contributed by atoms with Gasteiger partial charge in [0.05, 0.1) is 6.54 Å². The number of hydrogen-bond acceptors (Lipinski definition) is 6. The van der Waals surface area contributed by atoms with Crippen molar-refractivity contribution in [1.82, 2.24) is 5.32 Å². The molecule has 0 unspecified atom stereocenters. The molecule has 27 heavy (non-hydrogen) atoms. The number of rotatable bonds is 10. The number of para-hydroxylation sites is 2. The first-order chi connectivity index (χ1) is 13.1. The molecule has 0 aliphatic rings. The number of nitrogens with one attached hydrogen (secondary N) is 1. The summed E-state index contributed by atoms with van der Waals surface area (Å²) >= 11 is 0. The Morgan fingerprint density at radius 1 is 0.889 bits per heavy atom. The van der Waals surface area contributed by atoms with E-state index in [0.29, 0.717) is 12.4 Å². The lowest BCUT2D eigenvalue weighted by molar-refractivity contribution is -0.127. The van der Waals surface area contributed by atoms with Crippen LogP contribution in [0.15, 0.2) is 54.6 Å². The predicted molar refractivity (Wildman–Crippen MR) is 96.4 cm³/mol. The third kappa shape index (κ3) is 7.07. The number of carbonyl (C=O) groups is 3. The van der Waals surface area contributed by atoms with Crippen LogP contribution in [0.2, 0.25) is 0 Å². The van der Waals surface area contributed by atoms with Crippen molar-refractivity contribution >= 4 is 17.8 Å². The van der Waals surface area contributed by atoms with Gasteiger partial charge in [-0.3, -0.25) is 9.59 Å². The zero-order valence-corrected chi connectivity index (χ0v) is 14.6. The number of esters is 1. The molecule has 0 bridgehead atoms. The van der Waals surface area contributed by atoms with E-state index >= 15 is 0 Å². The minimum atomic E-state index is -0.719. The maximum atomic E-state index is 12.2. The summed E-state index contributed by atoms with van der Waals surface area (Å²) in [6, 6.07) is 15.8. The van der Waals surface area contributed by atoms with Crippen LogP contribution >= 0.6 is 0 Å².